The van der Waals surface area contributed by atoms with Crippen molar-refractivity contribution in [3.8, 4) is 0 Å². The molecule has 0 saturated carbocycles. The maximum atomic E-state index is 12.2. The van der Waals surface area contributed by atoms with Crippen LogP contribution in [0.3, 0.4) is 0 Å². The van der Waals surface area contributed by atoms with Crippen LogP contribution in [0.1, 0.15) is 31.2 Å². The fraction of sp³-hybridized carbons (Fsp3) is 0.529. The molecule has 2 aliphatic heterocycles. The number of benzene rings is 1. The molecule has 0 atom stereocenters. The van der Waals surface area contributed by atoms with E-state index in [2.05, 4.69) is 22.8 Å². The summed E-state index contributed by atoms with van der Waals surface area (Å²) < 4.78 is 0. The molecule has 2 heterocycles. The number of hydrogen-bond donors (Lipinski definition) is 2. The number of likely N-dealkylation sites (tertiary alicyclic amines) is 1. The van der Waals surface area contributed by atoms with Crippen LogP contribution in [-0.4, -0.2) is 42.0 Å². The third-order valence-electron chi connectivity index (χ3n) is 4.78. The van der Waals surface area contributed by atoms with E-state index in [1.165, 1.54) is 5.56 Å². The normalized spacial score (nSPS) is 20.0. The minimum Gasteiger partial charge on any atom is -0.351 e. The number of carbonyl (C=O) groups excluding carboxylic acids is 2. The third-order valence-corrected chi connectivity index (χ3v) is 4.78. The number of nitrogens with zero attached hydrogens (tertiary/aromatic N) is 1. The Morgan fingerprint density at radius 3 is 2.55 bits per heavy atom. The van der Waals surface area contributed by atoms with E-state index >= 15 is 0 Å². The summed E-state index contributed by atoms with van der Waals surface area (Å²) in [6.45, 7) is 2.09. The summed E-state index contributed by atoms with van der Waals surface area (Å²) in [4.78, 5) is 25.4. The molecule has 3 amide bonds. The molecule has 0 radical (unpaired) electrons. The number of piperidine rings is 1. The second-order valence-electron chi connectivity index (χ2n) is 6.28. The first-order valence-electron chi connectivity index (χ1n) is 8.05. The van der Waals surface area contributed by atoms with Gasteiger partial charge in [0.1, 0.15) is 0 Å². The van der Waals surface area contributed by atoms with Crippen LogP contribution in [0.25, 0.3) is 0 Å². The van der Waals surface area contributed by atoms with Crippen molar-refractivity contribution in [3.05, 3.63) is 35.9 Å². The molecule has 1 spiro atoms. The Bertz CT molecular complexity index is 536. The molecule has 0 bridgehead atoms. The van der Waals surface area contributed by atoms with Crippen molar-refractivity contribution in [1.82, 2.24) is 15.5 Å². The Hall–Kier alpha value is -2.04. The highest BCUT2D eigenvalue weighted by atomic mass is 16.2. The van der Waals surface area contributed by atoms with Gasteiger partial charge in [-0.3, -0.25) is 4.79 Å². The highest BCUT2D eigenvalue weighted by Gasteiger charge is 2.40. The van der Waals surface area contributed by atoms with Gasteiger partial charge in [0, 0.05) is 31.6 Å². The maximum absolute atomic E-state index is 12.2. The minimum absolute atomic E-state index is 0.00936. The lowest BCUT2D eigenvalue weighted by Crippen LogP contribution is -2.54. The standard InChI is InChI=1S/C17H23N3O2/c21-15-6-8-17(19-15)9-12-20(13-10-17)16(22)18-11-7-14-4-2-1-3-5-14/h1-5H,6-13H2,(H,18,22)(H,19,21). The lowest BCUT2D eigenvalue weighted by atomic mass is 9.86. The van der Waals surface area contributed by atoms with Gasteiger partial charge in [0.15, 0.2) is 0 Å². The summed E-state index contributed by atoms with van der Waals surface area (Å²) >= 11 is 0. The van der Waals surface area contributed by atoms with Gasteiger partial charge in [0.25, 0.3) is 0 Å². The lowest BCUT2D eigenvalue weighted by molar-refractivity contribution is -0.120. The first-order chi connectivity index (χ1) is 10.7. The van der Waals surface area contributed by atoms with Gasteiger partial charge in [-0.05, 0) is 31.2 Å². The average molecular weight is 301 g/mol. The molecule has 5 heteroatoms. The number of rotatable bonds is 3. The fourth-order valence-corrected chi connectivity index (χ4v) is 3.36. The van der Waals surface area contributed by atoms with Gasteiger partial charge in [-0.1, -0.05) is 30.3 Å². The van der Waals surface area contributed by atoms with Crippen molar-refractivity contribution in [3.63, 3.8) is 0 Å². The molecular weight excluding hydrogens is 278 g/mol. The van der Waals surface area contributed by atoms with E-state index in [0.29, 0.717) is 13.0 Å². The van der Waals surface area contributed by atoms with Crippen LogP contribution in [0.15, 0.2) is 30.3 Å². The molecule has 22 heavy (non-hydrogen) atoms. The van der Waals surface area contributed by atoms with E-state index in [9.17, 15) is 9.59 Å². The van der Waals surface area contributed by atoms with Gasteiger partial charge in [-0.15, -0.1) is 0 Å². The summed E-state index contributed by atoms with van der Waals surface area (Å²) in [5.41, 5.74) is 1.19. The molecule has 2 saturated heterocycles. The highest BCUT2D eigenvalue weighted by Crippen LogP contribution is 2.31. The van der Waals surface area contributed by atoms with Gasteiger partial charge in [-0.25, -0.2) is 4.79 Å². The van der Waals surface area contributed by atoms with Gasteiger partial charge in [0.2, 0.25) is 5.91 Å². The molecule has 118 valence electrons. The number of carbonyl (C=O) groups is 2. The number of urea groups is 1. The summed E-state index contributed by atoms with van der Waals surface area (Å²) in [5, 5.41) is 6.08. The number of nitrogens with one attached hydrogen (secondary N) is 2. The molecule has 1 aromatic carbocycles. The van der Waals surface area contributed by atoms with Crippen molar-refractivity contribution < 1.29 is 9.59 Å². The van der Waals surface area contributed by atoms with E-state index in [4.69, 9.17) is 0 Å². The summed E-state index contributed by atoms with van der Waals surface area (Å²) in [7, 11) is 0. The second-order valence-corrected chi connectivity index (χ2v) is 6.28. The average Bonchev–Trinajstić information content (AvgIpc) is 2.89. The van der Waals surface area contributed by atoms with Crippen LogP contribution in [0.4, 0.5) is 4.79 Å². The second kappa shape index (κ2) is 6.38. The predicted octanol–water partition coefficient (Wildman–Crippen LogP) is 1.68. The lowest BCUT2D eigenvalue weighted by Gasteiger charge is -2.39. The summed E-state index contributed by atoms with van der Waals surface area (Å²) in [6, 6.07) is 10.2. The Balaban J connectivity index is 1.41. The molecule has 1 aromatic rings. The summed E-state index contributed by atoms with van der Waals surface area (Å²) in [5.74, 6) is 0.153. The van der Waals surface area contributed by atoms with Crippen LogP contribution in [0.5, 0.6) is 0 Å². The van der Waals surface area contributed by atoms with E-state index in [0.717, 1.165) is 38.8 Å². The quantitative estimate of drug-likeness (QED) is 0.892. The molecule has 2 N–H and O–H groups in total. The Morgan fingerprint density at radius 2 is 1.91 bits per heavy atom. The number of amides is 3. The van der Waals surface area contributed by atoms with E-state index < -0.39 is 0 Å². The van der Waals surface area contributed by atoms with Crippen LogP contribution in [0.2, 0.25) is 0 Å². The third kappa shape index (κ3) is 3.40. The predicted molar refractivity (Wildman–Crippen MR) is 84.5 cm³/mol. The molecule has 2 fully saturated rings. The molecule has 3 rings (SSSR count). The van der Waals surface area contributed by atoms with Crippen molar-refractivity contribution in [2.24, 2.45) is 0 Å². The topological polar surface area (TPSA) is 61.4 Å². The Labute approximate surface area is 131 Å². The molecule has 0 aliphatic carbocycles. The first-order valence-corrected chi connectivity index (χ1v) is 8.05. The van der Waals surface area contributed by atoms with Crippen LogP contribution >= 0.6 is 0 Å². The van der Waals surface area contributed by atoms with Crippen LogP contribution < -0.4 is 10.6 Å². The minimum atomic E-state index is -0.0437. The largest absolute Gasteiger partial charge is 0.351 e. The van der Waals surface area contributed by atoms with E-state index in [1.54, 1.807) is 0 Å². The van der Waals surface area contributed by atoms with Crippen LogP contribution in [0, 0.1) is 0 Å². The Morgan fingerprint density at radius 1 is 1.18 bits per heavy atom. The monoisotopic (exact) mass is 301 g/mol. The smallest absolute Gasteiger partial charge is 0.317 e. The van der Waals surface area contributed by atoms with Gasteiger partial charge in [0.05, 0.1) is 0 Å². The van der Waals surface area contributed by atoms with Crippen molar-refractivity contribution >= 4 is 11.9 Å². The molecule has 5 nitrogen and oxygen atoms in total. The van der Waals surface area contributed by atoms with Crippen molar-refractivity contribution in [1.29, 1.82) is 0 Å². The van der Waals surface area contributed by atoms with Crippen molar-refractivity contribution in [2.75, 3.05) is 19.6 Å². The van der Waals surface area contributed by atoms with Gasteiger partial charge in [-0.2, -0.15) is 0 Å². The zero-order valence-electron chi connectivity index (χ0n) is 12.8. The zero-order valence-corrected chi connectivity index (χ0v) is 12.8. The highest BCUT2D eigenvalue weighted by molar-refractivity contribution is 5.79. The first kappa shape index (κ1) is 14.9. The molecule has 0 aromatic heterocycles. The Kier molecular flexibility index (Phi) is 4.32. The van der Waals surface area contributed by atoms with Crippen LogP contribution in [-0.2, 0) is 11.2 Å². The van der Waals surface area contributed by atoms with E-state index in [1.807, 2.05) is 23.1 Å². The van der Waals surface area contributed by atoms with Gasteiger partial charge < -0.3 is 15.5 Å². The molecule has 2 aliphatic rings. The fourth-order valence-electron chi connectivity index (χ4n) is 3.36. The molecule has 0 unspecified atom stereocenters. The van der Waals surface area contributed by atoms with Gasteiger partial charge >= 0.3 is 6.03 Å². The maximum Gasteiger partial charge on any atom is 0.317 e. The SMILES string of the molecule is O=C1CCC2(CCN(C(=O)NCCc3ccccc3)CC2)N1. The van der Waals surface area contributed by atoms with Crippen molar-refractivity contribution in [2.45, 2.75) is 37.6 Å². The number of hydrogen-bond acceptors (Lipinski definition) is 2. The molecular formula is C17H23N3O2. The summed E-state index contributed by atoms with van der Waals surface area (Å²) in [6.07, 6.45) is 4.12. The van der Waals surface area contributed by atoms with E-state index in [-0.39, 0.29) is 17.5 Å². The zero-order chi connectivity index (χ0) is 15.4.